The van der Waals surface area contributed by atoms with Crippen molar-refractivity contribution in [2.45, 2.75) is 19.3 Å². The maximum absolute atomic E-state index is 9.26. The van der Waals surface area contributed by atoms with Gasteiger partial charge in [0, 0.05) is 44.4 Å². The van der Waals surface area contributed by atoms with Gasteiger partial charge in [-0.25, -0.2) is 0 Å². The van der Waals surface area contributed by atoms with E-state index in [1.54, 1.807) is 0 Å². The minimum Gasteiger partial charge on any atom is -0.396 e. The Morgan fingerprint density at radius 2 is 0.857 bits per heavy atom. The van der Waals surface area contributed by atoms with Gasteiger partial charge in [-0.3, -0.25) is 0 Å². The highest BCUT2D eigenvalue weighted by molar-refractivity contribution is 9.13. The van der Waals surface area contributed by atoms with Crippen LogP contribution in [0.4, 0.5) is 0 Å². The van der Waals surface area contributed by atoms with Crippen molar-refractivity contribution in [3.8, 4) is 0 Å². The lowest BCUT2D eigenvalue weighted by Gasteiger charge is -2.43. The topological polar surface area (TPSA) is 40.5 Å². The summed E-state index contributed by atoms with van der Waals surface area (Å²) >= 11 is 14.2. The van der Waals surface area contributed by atoms with E-state index >= 15 is 0 Å². The number of hydrogen-bond acceptors (Lipinski definition) is 2. The Morgan fingerprint density at radius 1 is 0.643 bits per heavy atom. The number of hydrogen-bond donors (Lipinski definition) is 2. The maximum Gasteiger partial charge on any atom is 0.0481 e. The highest BCUT2D eigenvalue weighted by Gasteiger charge is 2.46. The Morgan fingerprint density at radius 3 is 1.00 bits per heavy atom. The SMILES string of the molecule is OCC1C(Br)C(Br)C(CO)C(Br)C1Br. The molecule has 0 aromatic heterocycles. The highest BCUT2D eigenvalue weighted by atomic mass is 79.9. The summed E-state index contributed by atoms with van der Waals surface area (Å²) in [6, 6.07) is 0. The molecule has 0 aromatic carbocycles. The van der Waals surface area contributed by atoms with Crippen molar-refractivity contribution in [3.63, 3.8) is 0 Å². The molecule has 84 valence electrons. The molecule has 4 atom stereocenters. The second-order valence-electron chi connectivity index (χ2n) is 3.47. The van der Waals surface area contributed by atoms with Crippen LogP contribution in [0.5, 0.6) is 0 Å². The second kappa shape index (κ2) is 5.96. The van der Waals surface area contributed by atoms with Crippen LogP contribution in [0.25, 0.3) is 0 Å². The van der Waals surface area contributed by atoms with E-state index in [4.69, 9.17) is 0 Å². The van der Waals surface area contributed by atoms with E-state index in [1.807, 2.05) is 0 Å². The van der Waals surface area contributed by atoms with Crippen LogP contribution >= 0.6 is 63.7 Å². The summed E-state index contributed by atoms with van der Waals surface area (Å²) in [5.41, 5.74) is 0. The fourth-order valence-electron chi connectivity index (χ4n) is 1.70. The van der Waals surface area contributed by atoms with Gasteiger partial charge in [-0.15, -0.1) is 0 Å². The summed E-state index contributed by atoms with van der Waals surface area (Å²) in [7, 11) is 0. The van der Waals surface area contributed by atoms with Crippen molar-refractivity contribution < 1.29 is 10.2 Å². The summed E-state index contributed by atoms with van der Waals surface area (Å²) in [5.74, 6) is 0.290. The largest absolute Gasteiger partial charge is 0.396 e. The number of aliphatic hydroxyl groups is 2. The van der Waals surface area contributed by atoms with Gasteiger partial charge in [0.2, 0.25) is 0 Å². The monoisotopic (exact) mass is 456 g/mol. The molecule has 6 heteroatoms. The summed E-state index contributed by atoms with van der Waals surface area (Å²) in [6.07, 6.45) is 0. The maximum atomic E-state index is 9.26. The van der Waals surface area contributed by atoms with Crippen LogP contribution in [0, 0.1) is 11.8 Å². The molecule has 0 radical (unpaired) electrons. The van der Waals surface area contributed by atoms with E-state index in [9.17, 15) is 10.2 Å². The molecule has 2 N–H and O–H groups in total. The first-order valence-electron chi connectivity index (χ1n) is 4.32. The fourth-order valence-corrected chi connectivity index (χ4v) is 6.07. The van der Waals surface area contributed by atoms with Gasteiger partial charge in [0.05, 0.1) is 0 Å². The van der Waals surface area contributed by atoms with Gasteiger partial charge in [0.1, 0.15) is 0 Å². The van der Waals surface area contributed by atoms with Crippen LogP contribution in [-0.2, 0) is 0 Å². The molecule has 1 rings (SSSR count). The van der Waals surface area contributed by atoms with Gasteiger partial charge >= 0.3 is 0 Å². The second-order valence-corrected chi connectivity index (χ2v) is 7.70. The standard InChI is InChI=1S/C8H12Br4O2/c9-5-3(1-13)6(10)8(12)4(2-14)7(5)11/h3-8,13-14H,1-2H2. The molecule has 0 heterocycles. The third-order valence-electron chi connectivity index (χ3n) is 2.67. The Kier molecular flexibility index (Phi) is 5.92. The minimum atomic E-state index is 0.133. The van der Waals surface area contributed by atoms with E-state index in [2.05, 4.69) is 63.7 Å². The quantitative estimate of drug-likeness (QED) is 0.622. The molecule has 0 amide bonds. The van der Waals surface area contributed by atoms with Crippen molar-refractivity contribution in [2.24, 2.45) is 11.8 Å². The average Bonchev–Trinajstić information content (AvgIpc) is 2.17. The van der Waals surface area contributed by atoms with Gasteiger partial charge in [-0.1, -0.05) is 63.7 Å². The van der Waals surface area contributed by atoms with Crippen LogP contribution < -0.4 is 0 Å². The van der Waals surface area contributed by atoms with Crippen molar-refractivity contribution in [3.05, 3.63) is 0 Å². The van der Waals surface area contributed by atoms with Crippen LogP contribution in [0.1, 0.15) is 0 Å². The summed E-state index contributed by atoms with van der Waals surface area (Å²) in [5, 5.41) is 18.5. The zero-order valence-corrected chi connectivity index (χ0v) is 13.6. The van der Waals surface area contributed by atoms with Gasteiger partial charge in [0.15, 0.2) is 0 Å². The molecule has 1 aliphatic carbocycles. The fraction of sp³-hybridized carbons (Fsp3) is 1.00. The average molecular weight is 460 g/mol. The highest BCUT2D eigenvalue weighted by Crippen LogP contribution is 2.44. The molecule has 14 heavy (non-hydrogen) atoms. The Hall–Kier alpha value is 1.84. The number of halogens is 4. The molecule has 0 saturated heterocycles. The zero-order chi connectivity index (χ0) is 10.9. The van der Waals surface area contributed by atoms with Gasteiger partial charge in [-0.2, -0.15) is 0 Å². The van der Waals surface area contributed by atoms with E-state index in [-0.39, 0.29) is 44.4 Å². The number of aliphatic hydroxyl groups excluding tert-OH is 2. The van der Waals surface area contributed by atoms with Crippen molar-refractivity contribution >= 4 is 63.7 Å². The summed E-state index contributed by atoms with van der Waals surface area (Å²) in [6.45, 7) is 0.266. The molecule has 1 saturated carbocycles. The van der Waals surface area contributed by atoms with E-state index in [0.717, 1.165) is 0 Å². The summed E-state index contributed by atoms with van der Waals surface area (Å²) < 4.78 is 0. The Labute approximate surface area is 117 Å². The first-order chi connectivity index (χ1) is 6.54. The summed E-state index contributed by atoms with van der Waals surface area (Å²) in [4.78, 5) is 0.677. The van der Waals surface area contributed by atoms with E-state index in [0.29, 0.717) is 0 Å². The van der Waals surface area contributed by atoms with Crippen LogP contribution in [0.2, 0.25) is 0 Å². The van der Waals surface area contributed by atoms with Crippen LogP contribution in [0.3, 0.4) is 0 Å². The minimum absolute atomic E-state index is 0.133. The molecule has 0 bridgehead atoms. The normalized spacial score (nSPS) is 49.3. The van der Waals surface area contributed by atoms with Crippen LogP contribution in [0.15, 0.2) is 0 Å². The van der Waals surface area contributed by atoms with Crippen molar-refractivity contribution in [2.75, 3.05) is 13.2 Å². The molecular weight excluding hydrogens is 448 g/mol. The number of alkyl halides is 4. The third-order valence-corrected chi connectivity index (χ3v) is 9.08. The molecule has 0 aromatic rings. The lowest BCUT2D eigenvalue weighted by molar-refractivity contribution is 0.156. The van der Waals surface area contributed by atoms with E-state index in [1.165, 1.54) is 0 Å². The predicted molar refractivity (Wildman–Crippen MR) is 72.0 cm³/mol. The Balaban J connectivity index is 2.81. The van der Waals surface area contributed by atoms with Gasteiger partial charge in [-0.05, 0) is 0 Å². The number of rotatable bonds is 2. The van der Waals surface area contributed by atoms with Crippen molar-refractivity contribution in [1.29, 1.82) is 0 Å². The lowest BCUT2D eigenvalue weighted by atomic mass is 9.82. The molecule has 4 unspecified atom stereocenters. The molecule has 0 spiro atoms. The Bertz CT molecular complexity index is 156. The lowest BCUT2D eigenvalue weighted by Crippen LogP contribution is -2.51. The molecule has 1 fully saturated rings. The molecular formula is C8H12Br4O2. The van der Waals surface area contributed by atoms with Crippen LogP contribution in [-0.4, -0.2) is 42.7 Å². The van der Waals surface area contributed by atoms with Gasteiger partial charge in [0.25, 0.3) is 0 Å². The van der Waals surface area contributed by atoms with Crippen molar-refractivity contribution in [1.82, 2.24) is 0 Å². The zero-order valence-electron chi connectivity index (χ0n) is 7.28. The molecule has 1 aliphatic rings. The van der Waals surface area contributed by atoms with E-state index < -0.39 is 0 Å². The molecule has 0 aliphatic heterocycles. The molecule has 2 nitrogen and oxygen atoms in total. The van der Waals surface area contributed by atoms with Gasteiger partial charge < -0.3 is 10.2 Å². The smallest absolute Gasteiger partial charge is 0.0481 e. The first kappa shape index (κ1) is 13.9. The third kappa shape index (κ3) is 2.56. The first-order valence-corrected chi connectivity index (χ1v) is 7.98. The predicted octanol–water partition coefficient (Wildman–Crippen LogP) is 2.27.